The van der Waals surface area contributed by atoms with Crippen molar-refractivity contribution in [1.29, 1.82) is 0 Å². The maximum absolute atomic E-state index is 12.4. The summed E-state index contributed by atoms with van der Waals surface area (Å²) in [6.07, 6.45) is 1.38. The molecule has 0 aliphatic heterocycles. The molecule has 0 bridgehead atoms. The van der Waals surface area contributed by atoms with E-state index in [1.165, 1.54) is 24.3 Å². The standard InChI is InChI=1S/C19H23N3O4/c1-12-7-5-8-13(2)17(12)21-16(23)11-22(4)19(25)14(3)20-18(24)15-9-6-10-26-15/h5-10,14H,11H2,1-4H3,(H,20,24)(H,21,23)/t14-/m0/s1. The van der Waals surface area contributed by atoms with Gasteiger partial charge in [-0.05, 0) is 44.0 Å². The molecule has 1 aromatic carbocycles. The van der Waals surface area contributed by atoms with Gasteiger partial charge in [-0.3, -0.25) is 14.4 Å². The number of para-hydroxylation sites is 1. The van der Waals surface area contributed by atoms with E-state index in [1.807, 2.05) is 32.0 Å². The Morgan fingerprint density at radius 3 is 2.35 bits per heavy atom. The third-order valence-corrected chi connectivity index (χ3v) is 3.97. The molecule has 26 heavy (non-hydrogen) atoms. The van der Waals surface area contributed by atoms with E-state index in [-0.39, 0.29) is 24.1 Å². The van der Waals surface area contributed by atoms with E-state index >= 15 is 0 Å². The number of benzene rings is 1. The Kier molecular flexibility index (Phi) is 6.16. The number of carbonyl (C=O) groups excluding carboxylic acids is 3. The number of rotatable bonds is 6. The molecule has 2 rings (SSSR count). The molecule has 0 aliphatic rings. The van der Waals surface area contributed by atoms with Crippen molar-refractivity contribution in [2.45, 2.75) is 26.8 Å². The fourth-order valence-corrected chi connectivity index (χ4v) is 2.55. The normalized spacial score (nSPS) is 11.5. The van der Waals surface area contributed by atoms with Crippen LogP contribution in [0.15, 0.2) is 41.0 Å². The topological polar surface area (TPSA) is 91.7 Å². The average molecular weight is 357 g/mol. The lowest BCUT2D eigenvalue weighted by molar-refractivity contribution is -0.134. The first-order valence-electron chi connectivity index (χ1n) is 8.25. The molecule has 1 atom stereocenters. The molecule has 138 valence electrons. The molecule has 2 aromatic rings. The second-order valence-electron chi connectivity index (χ2n) is 6.18. The van der Waals surface area contributed by atoms with E-state index in [9.17, 15) is 14.4 Å². The van der Waals surface area contributed by atoms with Gasteiger partial charge in [0.1, 0.15) is 6.04 Å². The summed E-state index contributed by atoms with van der Waals surface area (Å²) in [4.78, 5) is 37.8. The summed E-state index contributed by atoms with van der Waals surface area (Å²) >= 11 is 0. The number of amides is 3. The van der Waals surface area contributed by atoms with Crippen LogP contribution in [0.5, 0.6) is 0 Å². The van der Waals surface area contributed by atoms with Gasteiger partial charge in [0.05, 0.1) is 12.8 Å². The first-order chi connectivity index (χ1) is 12.3. The SMILES string of the molecule is Cc1cccc(C)c1NC(=O)CN(C)C(=O)[C@H](C)NC(=O)c1ccco1. The summed E-state index contributed by atoms with van der Waals surface area (Å²) < 4.78 is 4.99. The van der Waals surface area contributed by atoms with Crippen LogP contribution in [0.1, 0.15) is 28.6 Å². The molecule has 7 nitrogen and oxygen atoms in total. The van der Waals surface area contributed by atoms with Crippen LogP contribution in [0.2, 0.25) is 0 Å². The Hall–Kier alpha value is -3.09. The number of anilines is 1. The molecule has 3 amide bonds. The summed E-state index contributed by atoms with van der Waals surface area (Å²) in [7, 11) is 1.52. The van der Waals surface area contributed by atoms with Crippen LogP contribution in [-0.2, 0) is 9.59 Å². The lowest BCUT2D eigenvalue weighted by atomic mass is 10.1. The minimum atomic E-state index is -0.786. The minimum Gasteiger partial charge on any atom is -0.459 e. The predicted molar refractivity (Wildman–Crippen MR) is 97.8 cm³/mol. The van der Waals surface area contributed by atoms with Crippen molar-refractivity contribution in [1.82, 2.24) is 10.2 Å². The number of hydrogen-bond acceptors (Lipinski definition) is 4. The van der Waals surface area contributed by atoms with Crippen molar-refractivity contribution >= 4 is 23.4 Å². The summed E-state index contributed by atoms with van der Waals surface area (Å²) in [6, 6.07) is 8.04. The maximum Gasteiger partial charge on any atom is 0.287 e. The quantitative estimate of drug-likeness (QED) is 0.828. The highest BCUT2D eigenvalue weighted by molar-refractivity contribution is 5.98. The highest BCUT2D eigenvalue weighted by Gasteiger charge is 2.22. The van der Waals surface area contributed by atoms with Crippen LogP contribution < -0.4 is 10.6 Å². The Bertz CT molecular complexity index is 779. The van der Waals surface area contributed by atoms with Crippen LogP contribution in [0, 0.1) is 13.8 Å². The smallest absolute Gasteiger partial charge is 0.287 e. The van der Waals surface area contributed by atoms with Gasteiger partial charge in [0.15, 0.2) is 5.76 Å². The summed E-state index contributed by atoms with van der Waals surface area (Å²) in [6.45, 7) is 5.25. The van der Waals surface area contributed by atoms with Gasteiger partial charge in [-0.25, -0.2) is 0 Å². The number of hydrogen-bond donors (Lipinski definition) is 2. The van der Waals surface area contributed by atoms with Gasteiger partial charge in [-0.15, -0.1) is 0 Å². The molecule has 0 saturated heterocycles. The lowest BCUT2D eigenvalue weighted by Crippen LogP contribution is -2.47. The monoisotopic (exact) mass is 357 g/mol. The van der Waals surface area contributed by atoms with E-state index < -0.39 is 11.9 Å². The third-order valence-electron chi connectivity index (χ3n) is 3.97. The maximum atomic E-state index is 12.4. The number of furan rings is 1. The molecule has 0 radical (unpaired) electrons. The van der Waals surface area contributed by atoms with Gasteiger partial charge in [0, 0.05) is 12.7 Å². The second kappa shape index (κ2) is 8.33. The van der Waals surface area contributed by atoms with Gasteiger partial charge in [-0.1, -0.05) is 18.2 Å². The zero-order valence-corrected chi connectivity index (χ0v) is 15.3. The molecular formula is C19H23N3O4. The summed E-state index contributed by atoms with van der Waals surface area (Å²) in [5, 5.41) is 5.38. The van der Waals surface area contributed by atoms with Crippen LogP contribution in [0.3, 0.4) is 0 Å². The van der Waals surface area contributed by atoms with Gasteiger partial charge < -0.3 is 20.0 Å². The molecule has 0 fully saturated rings. The van der Waals surface area contributed by atoms with E-state index in [2.05, 4.69) is 10.6 Å². The third kappa shape index (κ3) is 4.72. The van der Waals surface area contributed by atoms with Gasteiger partial charge in [0.2, 0.25) is 11.8 Å². The van der Waals surface area contributed by atoms with Crippen molar-refractivity contribution in [2.24, 2.45) is 0 Å². The van der Waals surface area contributed by atoms with Crippen LogP contribution in [-0.4, -0.2) is 42.3 Å². The molecule has 0 spiro atoms. The lowest BCUT2D eigenvalue weighted by Gasteiger charge is -2.22. The van der Waals surface area contributed by atoms with Gasteiger partial charge in [0.25, 0.3) is 5.91 Å². The van der Waals surface area contributed by atoms with Crippen molar-refractivity contribution in [3.05, 3.63) is 53.5 Å². The first kappa shape index (κ1) is 19.2. The van der Waals surface area contributed by atoms with Gasteiger partial charge >= 0.3 is 0 Å². The number of carbonyl (C=O) groups is 3. The van der Waals surface area contributed by atoms with Crippen molar-refractivity contribution in [3.63, 3.8) is 0 Å². The molecule has 0 aliphatic carbocycles. The predicted octanol–water partition coefficient (Wildman–Crippen LogP) is 2.11. The number of likely N-dealkylation sites (N-methyl/N-ethyl adjacent to an activating group) is 1. The molecular weight excluding hydrogens is 334 g/mol. The highest BCUT2D eigenvalue weighted by Crippen LogP contribution is 2.19. The van der Waals surface area contributed by atoms with Crippen molar-refractivity contribution in [2.75, 3.05) is 18.9 Å². The Balaban J connectivity index is 1.91. The van der Waals surface area contributed by atoms with Crippen LogP contribution in [0.4, 0.5) is 5.69 Å². The van der Waals surface area contributed by atoms with E-state index in [0.29, 0.717) is 0 Å². The molecule has 2 N–H and O–H groups in total. The second-order valence-corrected chi connectivity index (χ2v) is 6.18. The summed E-state index contributed by atoms with van der Waals surface area (Å²) in [5.41, 5.74) is 2.65. The fourth-order valence-electron chi connectivity index (χ4n) is 2.55. The Morgan fingerprint density at radius 2 is 1.77 bits per heavy atom. The average Bonchev–Trinajstić information content (AvgIpc) is 3.12. The van der Waals surface area contributed by atoms with Crippen LogP contribution in [0.25, 0.3) is 0 Å². The molecule has 1 aromatic heterocycles. The zero-order valence-electron chi connectivity index (χ0n) is 15.3. The van der Waals surface area contributed by atoms with Crippen molar-refractivity contribution < 1.29 is 18.8 Å². The highest BCUT2D eigenvalue weighted by atomic mass is 16.3. The van der Waals surface area contributed by atoms with E-state index in [1.54, 1.807) is 13.0 Å². The number of nitrogens with one attached hydrogen (secondary N) is 2. The van der Waals surface area contributed by atoms with Crippen molar-refractivity contribution in [3.8, 4) is 0 Å². The molecule has 7 heteroatoms. The Morgan fingerprint density at radius 1 is 1.12 bits per heavy atom. The fraction of sp³-hybridized carbons (Fsp3) is 0.316. The number of aryl methyl sites for hydroxylation is 2. The van der Waals surface area contributed by atoms with E-state index in [4.69, 9.17) is 4.42 Å². The number of nitrogens with zero attached hydrogens (tertiary/aromatic N) is 1. The van der Waals surface area contributed by atoms with Crippen LogP contribution >= 0.6 is 0 Å². The summed E-state index contributed by atoms with van der Waals surface area (Å²) in [5.74, 6) is -1.03. The zero-order chi connectivity index (χ0) is 19.3. The van der Waals surface area contributed by atoms with E-state index in [0.717, 1.165) is 16.8 Å². The molecule has 0 saturated carbocycles. The Labute approximate surface area is 152 Å². The minimum absolute atomic E-state index is 0.117. The largest absolute Gasteiger partial charge is 0.459 e. The molecule has 0 unspecified atom stereocenters. The molecule has 1 heterocycles. The van der Waals surface area contributed by atoms with Gasteiger partial charge in [-0.2, -0.15) is 0 Å². The first-order valence-corrected chi connectivity index (χ1v) is 8.25.